The van der Waals surface area contributed by atoms with Crippen molar-refractivity contribution in [3.63, 3.8) is 0 Å². The number of carbonyl (C=O) groups is 1. The summed E-state index contributed by atoms with van der Waals surface area (Å²) in [6.45, 7) is 1.42. The van der Waals surface area contributed by atoms with Crippen molar-refractivity contribution >= 4 is 21.8 Å². The Hall–Kier alpha value is -1.76. The Kier molecular flexibility index (Phi) is 3.44. The minimum Gasteiger partial charge on any atom is -0.336 e. The van der Waals surface area contributed by atoms with Gasteiger partial charge < -0.3 is 4.90 Å². The van der Waals surface area contributed by atoms with Crippen molar-refractivity contribution < 1.29 is 4.79 Å². The second-order valence-corrected chi connectivity index (χ2v) is 6.90. The lowest BCUT2D eigenvalue weighted by atomic mass is 10.2. The molecule has 0 radical (unpaired) electrons. The Morgan fingerprint density at radius 2 is 2.14 bits per heavy atom. The van der Waals surface area contributed by atoms with Gasteiger partial charge in [-0.15, -0.1) is 5.10 Å². The van der Waals surface area contributed by atoms with Crippen molar-refractivity contribution in [2.75, 3.05) is 13.1 Å². The number of hydrogen-bond acceptors (Lipinski definition) is 4. The predicted molar refractivity (Wildman–Crippen MR) is 83.5 cm³/mol. The molecule has 3 heterocycles. The van der Waals surface area contributed by atoms with Gasteiger partial charge in [0.25, 0.3) is 5.91 Å². The largest absolute Gasteiger partial charge is 0.336 e. The molecule has 0 N–H and O–H groups in total. The summed E-state index contributed by atoms with van der Waals surface area (Å²) in [4.78, 5) is 18.4. The van der Waals surface area contributed by atoms with E-state index >= 15 is 0 Å². The van der Waals surface area contributed by atoms with Crippen molar-refractivity contribution in [2.45, 2.75) is 31.2 Å². The lowest BCUT2D eigenvalue weighted by Gasteiger charge is -2.16. The number of likely N-dealkylation sites (tertiary alicyclic amines) is 1. The number of amides is 1. The number of pyridine rings is 1. The molecule has 2 fully saturated rings. The first-order chi connectivity index (χ1) is 10.7. The Morgan fingerprint density at radius 1 is 1.27 bits per heavy atom. The molecule has 4 rings (SSSR count). The third-order valence-electron chi connectivity index (χ3n) is 4.30. The minimum atomic E-state index is 0.0267. The first kappa shape index (κ1) is 13.9. The summed E-state index contributed by atoms with van der Waals surface area (Å²) < 4.78 is 2.75. The van der Waals surface area contributed by atoms with E-state index < -0.39 is 0 Å². The van der Waals surface area contributed by atoms with Gasteiger partial charge in [0.05, 0.1) is 17.3 Å². The van der Waals surface area contributed by atoms with Gasteiger partial charge in [0.15, 0.2) is 0 Å². The average Bonchev–Trinajstić information content (AvgIpc) is 3.06. The molecule has 1 saturated carbocycles. The quantitative estimate of drug-likeness (QED) is 0.841. The Labute approximate surface area is 136 Å². The molecular formula is C15H16BrN5O. The maximum absolute atomic E-state index is 12.5. The molecule has 0 unspecified atom stereocenters. The van der Waals surface area contributed by atoms with Crippen LogP contribution in [0.2, 0.25) is 0 Å². The van der Waals surface area contributed by atoms with Crippen LogP contribution in [0.3, 0.4) is 0 Å². The van der Waals surface area contributed by atoms with Crippen molar-refractivity contribution in [1.82, 2.24) is 24.9 Å². The second-order valence-electron chi connectivity index (χ2n) is 5.98. The Balaban J connectivity index is 1.46. The van der Waals surface area contributed by atoms with Crippen LogP contribution < -0.4 is 0 Å². The Morgan fingerprint density at radius 3 is 2.91 bits per heavy atom. The summed E-state index contributed by atoms with van der Waals surface area (Å²) in [5.74, 6) is 0.638. The number of nitrogens with zero attached hydrogens (tertiary/aromatic N) is 5. The number of hydrogen-bond donors (Lipinski definition) is 0. The van der Waals surface area contributed by atoms with Crippen LogP contribution >= 0.6 is 15.9 Å². The third kappa shape index (κ3) is 2.65. The molecule has 1 atom stereocenters. The topological polar surface area (TPSA) is 63.9 Å². The predicted octanol–water partition coefficient (Wildman–Crippen LogP) is 2.40. The number of aromatic nitrogens is 4. The highest BCUT2D eigenvalue weighted by Gasteiger charge is 2.31. The SMILES string of the molecule is O=C(c1cncc(Br)c1)N1CC[C@@H](n2cc(C3CC3)nn2)C1. The van der Waals surface area contributed by atoms with Gasteiger partial charge in [-0.2, -0.15) is 0 Å². The van der Waals surface area contributed by atoms with Gasteiger partial charge in [-0.05, 0) is 41.3 Å². The van der Waals surface area contributed by atoms with Crippen LogP contribution in [0.15, 0.2) is 29.1 Å². The van der Waals surface area contributed by atoms with E-state index in [4.69, 9.17) is 0 Å². The van der Waals surface area contributed by atoms with Gasteiger partial charge in [-0.25, -0.2) is 4.68 Å². The molecule has 0 aromatic carbocycles. The van der Waals surface area contributed by atoms with Crippen molar-refractivity contribution in [3.8, 4) is 0 Å². The normalized spacial score (nSPS) is 21.3. The highest BCUT2D eigenvalue weighted by molar-refractivity contribution is 9.10. The number of rotatable bonds is 3. The minimum absolute atomic E-state index is 0.0267. The molecule has 1 amide bonds. The van der Waals surface area contributed by atoms with E-state index in [0.29, 0.717) is 18.0 Å². The molecule has 6 nitrogen and oxygen atoms in total. The van der Waals surface area contributed by atoms with Gasteiger partial charge in [0.2, 0.25) is 0 Å². The van der Waals surface area contributed by atoms with Gasteiger partial charge in [0.1, 0.15) is 0 Å². The highest BCUT2D eigenvalue weighted by Crippen LogP contribution is 2.39. The molecule has 7 heteroatoms. The smallest absolute Gasteiger partial charge is 0.255 e. The van der Waals surface area contributed by atoms with Gasteiger partial charge in [-0.1, -0.05) is 5.21 Å². The summed E-state index contributed by atoms with van der Waals surface area (Å²) >= 11 is 3.35. The number of carbonyl (C=O) groups excluding carboxylic acids is 1. The fourth-order valence-electron chi connectivity index (χ4n) is 2.89. The van der Waals surface area contributed by atoms with Crippen LogP contribution in [0.5, 0.6) is 0 Å². The highest BCUT2D eigenvalue weighted by atomic mass is 79.9. The molecule has 1 saturated heterocycles. The zero-order chi connectivity index (χ0) is 15.1. The lowest BCUT2D eigenvalue weighted by Crippen LogP contribution is -2.29. The first-order valence-corrected chi connectivity index (χ1v) is 8.31. The molecule has 2 aromatic rings. The molecule has 1 aliphatic heterocycles. The zero-order valence-electron chi connectivity index (χ0n) is 12.0. The third-order valence-corrected chi connectivity index (χ3v) is 4.73. The van der Waals surface area contributed by atoms with E-state index in [-0.39, 0.29) is 11.9 Å². The van der Waals surface area contributed by atoms with E-state index in [1.54, 1.807) is 12.4 Å². The second kappa shape index (κ2) is 5.46. The number of halogens is 1. The molecule has 0 bridgehead atoms. The molecule has 114 valence electrons. The van der Waals surface area contributed by atoms with Gasteiger partial charge >= 0.3 is 0 Å². The maximum atomic E-state index is 12.5. The monoisotopic (exact) mass is 361 g/mol. The maximum Gasteiger partial charge on any atom is 0.255 e. The Bertz CT molecular complexity index is 711. The average molecular weight is 362 g/mol. The van der Waals surface area contributed by atoms with Gasteiger partial charge in [-0.3, -0.25) is 9.78 Å². The molecule has 0 spiro atoms. The molecule has 22 heavy (non-hydrogen) atoms. The van der Waals surface area contributed by atoms with Gasteiger partial charge in [0, 0.05) is 42.1 Å². The summed E-state index contributed by atoms with van der Waals surface area (Å²) in [7, 11) is 0. The summed E-state index contributed by atoms with van der Waals surface area (Å²) in [6.07, 6.45) is 8.71. The van der Waals surface area contributed by atoms with Crippen LogP contribution in [-0.4, -0.2) is 43.9 Å². The van der Waals surface area contributed by atoms with Crippen LogP contribution in [-0.2, 0) is 0 Å². The summed E-state index contributed by atoms with van der Waals surface area (Å²) in [5.41, 5.74) is 1.72. The fourth-order valence-corrected chi connectivity index (χ4v) is 3.25. The first-order valence-electron chi connectivity index (χ1n) is 7.52. The van der Waals surface area contributed by atoms with Crippen LogP contribution in [0.25, 0.3) is 0 Å². The van der Waals surface area contributed by atoms with Crippen LogP contribution in [0, 0.1) is 0 Å². The molecular weight excluding hydrogens is 346 g/mol. The van der Waals surface area contributed by atoms with Crippen LogP contribution in [0.4, 0.5) is 0 Å². The van der Waals surface area contributed by atoms with E-state index in [9.17, 15) is 4.79 Å². The fraction of sp³-hybridized carbons (Fsp3) is 0.467. The lowest BCUT2D eigenvalue weighted by molar-refractivity contribution is 0.0786. The molecule has 1 aliphatic carbocycles. The standard InChI is InChI=1S/C15H16BrN5O/c16-12-5-11(6-17-7-12)15(22)20-4-3-13(8-20)21-9-14(18-19-21)10-1-2-10/h5-7,9-10,13H,1-4,8H2/t13-/m1/s1. The van der Waals surface area contributed by atoms with E-state index in [0.717, 1.165) is 23.1 Å². The van der Waals surface area contributed by atoms with Crippen molar-refractivity contribution in [2.24, 2.45) is 0 Å². The van der Waals surface area contributed by atoms with Crippen LogP contribution in [0.1, 0.15) is 47.3 Å². The summed E-state index contributed by atoms with van der Waals surface area (Å²) in [5, 5.41) is 8.50. The van der Waals surface area contributed by atoms with E-state index in [2.05, 4.69) is 37.4 Å². The molecule has 2 aromatic heterocycles. The van der Waals surface area contributed by atoms with Crippen molar-refractivity contribution in [3.05, 3.63) is 40.4 Å². The van der Waals surface area contributed by atoms with Crippen molar-refractivity contribution in [1.29, 1.82) is 0 Å². The summed E-state index contributed by atoms with van der Waals surface area (Å²) in [6, 6.07) is 2.03. The van der Waals surface area contributed by atoms with E-state index in [1.165, 1.54) is 12.8 Å². The molecule has 2 aliphatic rings. The zero-order valence-corrected chi connectivity index (χ0v) is 13.6. The van der Waals surface area contributed by atoms with E-state index in [1.807, 2.05) is 15.6 Å².